The van der Waals surface area contributed by atoms with Gasteiger partial charge in [-0.15, -0.1) is 0 Å². The molecule has 3 nitrogen and oxygen atoms in total. The van der Waals surface area contributed by atoms with E-state index in [1.165, 1.54) is 0 Å². The molecule has 0 aromatic heterocycles. The van der Waals surface area contributed by atoms with E-state index in [1.54, 1.807) is 6.08 Å². The third kappa shape index (κ3) is 2.66. The van der Waals surface area contributed by atoms with Gasteiger partial charge in [-0.25, -0.2) is 4.79 Å². The summed E-state index contributed by atoms with van der Waals surface area (Å²) in [7, 11) is 0. The van der Waals surface area contributed by atoms with Crippen molar-refractivity contribution in [3.05, 3.63) is 12.2 Å². The minimum atomic E-state index is -0.310. The summed E-state index contributed by atoms with van der Waals surface area (Å²) >= 11 is 0. The van der Waals surface area contributed by atoms with Crippen molar-refractivity contribution in [2.45, 2.75) is 25.9 Å². The first kappa shape index (κ1) is 9.26. The van der Waals surface area contributed by atoms with E-state index in [4.69, 9.17) is 9.47 Å². The van der Waals surface area contributed by atoms with E-state index >= 15 is 0 Å². The average molecular weight is 170 g/mol. The van der Waals surface area contributed by atoms with Crippen LogP contribution in [0.5, 0.6) is 0 Å². The van der Waals surface area contributed by atoms with Crippen molar-refractivity contribution in [2.75, 3.05) is 13.2 Å². The number of hydrogen-bond donors (Lipinski definition) is 0. The van der Waals surface area contributed by atoms with Crippen LogP contribution in [0.2, 0.25) is 0 Å². The van der Waals surface area contributed by atoms with Gasteiger partial charge in [0.25, 0.3) is 0 Å². The van der Waals surface area contributed by atoms with Crippen molar-refractivity contribution < 1.29 is 14.3 Å². The van der Waals surface area contributed by atoms with Gasteiger partial charge in [-0.1, -0.05) is 12.2 Å². The minimum Gasteiger partial charge on any atom is -0.460 e. The van der Waals surface area contributed by atoms with E-state index in [1.807, 2.05) is 13.0 Å². The quantitative estimate of drug-likeness (QED) is 0.473. The molecule has 1 atom stereocenters. The van der Waals surface area contributed by atoms with E-state index < -0.39 is 0 Å². The van der Waals surface area contributed by atoms with E-state index in [-0.39, 0.29) is 12.1 Å². The summed E-state index contributed by atoms with van der Waals surface area (Å²) in [6, 6.07) is 0. The molecule has 0 amide bonds. The molecule has 68 valence electrons. The number of esters is 1. The fourth-order valence-corrected chi connectivity index (χ4v) is 1.08. The van der Waals surface area contributed by atoms with Crippen LogP contribution in [0.1, 0.15) is 19.8 Å². The summed E-state index contributed by atoms with van der Waals surface area (Å²) in [5.74, 6) is -0.231. The summed E-state index contributed by atoms with van der Waals surface area (Å²) < 4.78 is 10.1. The van der Waals surface area contributed by atoms with Crippen LogP contribution in [0.4, 0.5) is 0 Å². The lowest BCUT2D eigenvalue weighted by molar-refractivity contribution is -0.152. The second-order valence-corrected chi connectivity index (χ2v) is 2.70. The Morgan fingerprint density at radius 1 is 1.75 bits per heavy atom. The zero-order valence-corrected chi connectivity index (χ0v) is 7.29. The molecule has 12 heavy (non-hydrogen) atoms. The van der Waals surface area contributed by atoms with E-state index in [2.05, 4.69) is 0 Å². The monoisotopic (exact) mass is 170 g/mol. The Balaban J connectivity index is 2.18. The van der Waals surface area contributed by atoms with Gasteiger partial charge >= 0.3 is 5.97 Å². The predicted octanol–water partition coefficient (Wildman–Crippen LogP) is 1.28. The fraction of sp³-hybridized carbons (Fsp3) is 0.667. The highest BCUT2D eigenvalue weighted by Crippen LogP contribution is 2.12. The highest BCUT2D eigenvalue weighted by Gasteiger charge is 2.24. The molecule has 0 aromatic rings. The molecule has 1 rings (SSSR count). The Kier molecular flexibility index (Phi) is 3.80. The summed E-state index contributed by atoms with van der Waals surface area (Å²) in [4.78, 5) is 11.1. The van der Waals surface area contributed by atoms with Crippen LogP contribution in [-0.2, 0) is 14.3 Å². The molecule has 1 heterocycles. The van der Waals surface area contributed by atoms with Crippen LogP contribution < -0.4 is 0 Å². The third-order valence-electron chi connectivity index (χ3n) is 1.75. The molecule has 0 aliphatic carbocycles. The second-order valence-electron chi connectivity index (χ2n) is 2.70. The smallest absolute Gasteiger partial charge is 0.335 e. The lowest BCUT2D eigenvalue weighted by atomic mass is 10.2. The zero-order valence-electron chi connectivity index (χ0n) is 7.29. The first-order valence-corrected chi connectivity index (χ1v) is 4.24. The summed E-state index contributed by atoms with van der Waals surface area (Å²) in [5.41, 5.74) is 0. The van der Waals surface area contributed by atoms with Gasteiger partial charge in [0, 0.05) is 6.61 Å². The maximum Gasteiger partial charge on any atom is 0.335 e. The van der Waals surface area contributed by atoms with Crippen LogP contribution in [0.3, 0.4) is 0 Å². The van der Waals surface area contributed by atoms with Crippen molar-refractivity contribution in [1.82, 2.24) is 0 Å². The molecule has 0 aromatic carbocycles. The van der Waals surface area contributed by atoms with E-state index in [9.17, 15) is 4.79 Å². The number of hydrogen-bond acceptors (Lipinski definition) is 3. The van der Waals surface area contributed by atoms with Crippen molar-refractivity contribution in [2.24, 2.45) is 0 Å². The van der Waals surface area contributed by atoms with Crippen LogP contribution in [0.25, 0.3) is 0 Å². The lowest BCUT2D eigenvalue weighted by Gasteiger charge is -2.07. The summed E-state index contributed by atoms with van der Waals surface area (Å²) in [6.45, 7) is 2.93. The van der Waals surface area contributed by atoms with Gasteiger partial charge in [-0.05, 0) is 19.8 Å². The van der Waals surface area contributed by atoms with E-state index in [0.717, 1.165) is 12.8 Å². The van der Waals surface area contributed by atoms with Crippen LogP contribution >= 0.6 is 0 Å². The van der Waals surface area contributed by atoms with Gasteiger partial charge in [0.15, 0.2) is 6.10 Å². The van der Waals surface area contributed by atoms with Gasteiger partial charge in [-0.3, -0.25) is 0 Å². The van der Waals surface area contributed by atoms with Crippen LogP contribution in [0.15, 0.2) is 12.2 Å². The molecule has 3 heteroatoms. The molecule has 0 bridgehead atoms. The standard InChI is InChI=1S/C9H14O3/c1-2-3-6-12-9(10)8-5-4-7-11-8/h2-3,8H,4-7H2,1H3. The van der Waals surface area contributed by atoms with E-state index in [0.29, 0.717) is 13.2 Å². The number of carbonyl (C=O) groups is 1. The van der Waals surface area contributed by atoms with Gasteiger partial charge in [0.1, 0.15) is 6.61 Å². The summed E-state index contributed by atoms with van der Waals surface area (Å²) in [5, 5.41) is 0. The molecule has 0 saturated carbocycles. The maximum atomic E-state index is 11.1. The fourth-order valence-electron chi connectivity index (χ4n) is 1.08. The van der Waals surface area contributed by atoms with Crippen molar-refractivity contribution in [3.63, 3.8) is 0 Å². The Bertz CT molecular complexity index is 169. The highest BCUT2D eigenvalue weighted by atomic mass is 16.6. The van der Waals surface area contributed by atoms with Crippen molar-refractivity contribution in [1.29, 1.82) is 0 Å². The normalized spacial score (nSPS) is 23.2. The second kappa shape index (κ2) is 4.93. The molecular weight excluding hydrogens is 156 g/mol. The lowest BCUT2D eigenvalue weighted by Crippen LogP contribution is -2.22. The average Bonchev–Trinajstić information content (AvgIpc) is 2.56. The predicted molar refractivity (Wildman–Crippen MR) is 44.7 cm³/mol. The molecular formula is C9H14O3. The Labute approximate surface area is 72.4 Å². The third-order valence-corrected chi connectivity index (χ3v) is 1.75. The highest BCUT2D eigenvalue weighted by molar-refractivity contribution is 5.74. The number of allylic oxidation sites excluding steroid dienone is 1. The number of ether oxygens (including phenoxy) is 2. The summed E-state index contributed by atoms with van der Waals surface area (Å²) in [6.07, 6.45) is 5.10. The molecule has 0 N–H and O–H groups in total. The largest absolute Gasteiger partial charge is 0.460 e. The molecule has 1 aliphatic rings. The van der Waals surface area contributed by atoms with Crippen molar-refractivity contribution >= 4 is 5.97 Å². The molecule has 1 aliphatic heterocycles. The van der Waals surface area contributed by atoms with Gasteiger partial charge < -0.3 is 9.47 Å². The SMILES string of the molecule is CC=CCOC(=O)C1CCCO1. The minimum absolute atomic E-state index is 0.231. The topological polar surface area (TPSA) is 35.5 Å². The molecule has 0 spiro atoms. The molecule has 1 unspecified atom stereocenters. The van der Waals surface area contributed by atoms with Gasteiger partial charge in [0.05, 0.1) is 0 Å². The Morgan fingerprint density at radius 3 is 3.17 bits per heavy atom. The molecule has 0 radical (unpaired) electrons. The Morgan fingerprint density at radius 2 is 2.58 bits per heavy atom. The molecule has 1 saturated heterocycles. The number of carbonyl (C=O) groups excluding carboxylic acids is 1. The van der Waals surface area contributed by atoms with Crippen molar-refractivity contribution in [3.8, 4) is 0 Å². The first-order chi connectivity index (χ1) is 5.84. The molecule has 1 fully saturated rings. The van der Waals surface area contributed by atoms with Gasteiger partial charge in [0.2, 0.25) is 0 Å². The zero-order chi connectivity index (χ0) is 8.81. The van der Waals surface area contributed by atoms with Gasteiger partial charge in [-0.2, -0.15) is 0 Å². The van der Waals surface area contributed by atoms with Crippen LogP contribution in [-0.4, -0.2) is 25.3 Å². The van der Waals surface area contributed by atoms with Crippen LogP contribution in [0, 0.1) is 0 Å². The first-order valence-electron chi connectivity index (χ1n) is 4.24. The maximum absolute atomic E-state index is 11.1. The number of rotatable bonds is 3. The Hall–Kier alpha value is -0.830.